The van der Waals surface area contributed by atoms with Crippen LogP contribution in [0.4, 0.5) is 5.69 Å². The number of aryl methyl sites for hydroxylation is 1. The summed E-state index contributed by atoms with van der Waals surface area (Å²) in [6, 6.07) is 5.83. The van der Waals surface area contributed by atoms with Gasteiger partial charge < -0.3 is 15.7 Å². The number of anilines is 1. The molecule has 0 saturated carbocycles. The van der Waals surface area contributed by atoms with Crippen LogP contribution in [0.2, 0.25) is 0 Å². The summed E-state index contributed by atoms with van der Waals surface area (Å²) < 4.78 is 0. The Labute approximate surface area is 103 Å². The molecule has 1 aromatic rings. The summed E-state index contributed by atoms with van der Waals surface area (Å²) in [5.74, 6) is 0.0686. The fourth-order valence-corrected chi connectivity index (χ4v) is 1.87. The largest absolute Gasteiger partial charge is 0.395 e. The predicted molar refractivity (Wildman–Crippen MR) is 71.8 cm³/mol. The molecule has 0 heterocycles. The standard InChI is InChI=1S/C13H21N3O/c1-3-6-16(7-8-17)12-9-10(2)4-5-11(12)13(14)15/h4-5,9,17H,3,6-8H2,1-2H3,(H3,14,15). The van der Waals surface area contributed by atoms with E-state index in [4.69, 9.17) is 16.2 Å². The third kappa shape index (κ3) is 3.46. The zero-order chi connectivity index (χ0) is 12.8. The molecule has 0 unspecified atom stereocenters. The zero-order valence-electron chi connectivity index (χ0n) is 10.5. The Balaban J connectivity index is 3.14. The normalized spacial score (nSPS) is 10.3. The van der Waals surface area contributed by atoms with E-state index in [1.807, 2.05) is 25.1 Å². The SMILES string of the molecule is CCCN(CCO)c1cc(C)ccc1C(=N)N. The van der Waals surface area contributed by atoms with E-state index in [-0.39, 0.29) is 12.4 Å². The van der Waals surface area contributed by atoms with Crippen LogP contribution in [0.3, 0.4) is 0 Å². The van der Waals surface area contributed by atoms with Crippen LogP contribution in [0.25, 0.3) is 0 Å². The average Bonchev–Trinajstić information content (AvgIpc) is 2.28. The second kappa shape index (κ2) is 6.25. The highest BCUT2D eigenvalue weighted by Gasteiger charge is 2.12. The van der Waals surface area contributed by atoms with E-state index >= 15 is 0 Å². The molecule has 4 nitrogen and oxygen atoms in total. The van der Waals surface area contributed by atoms with E-state index in [2.05, 4.69) is 11.8 Å². The molecule has 0 amide bonds. The van der Waals surface area contributed by atoms with Gasteiger partial charge in [-0.05, 0) is 31.0 Å². The Kier molecular flexibility index (Phi) is 4.97. The molecule has 94 valence electrons. The van der Waals surface area contributed by atoms with Gasteiger partial charge >= 0.3 is 0 Å². The van der Waals surface area contributed by atoms with Crippen LogP contribution in [0.5, 0.6) is 0 Å². The van der Waals surface area contributed by atoms with Gasteiger partial charge in [-0.25, -0.2) is 0 Å². The fourth-order valence-electron chi connectivity index (χ4n) is 1.87. The molecule has 0 atom stereocenters. The van der Waals surface area contributed by atoms with E-state index in [0.29, 0.717) is 6.54 Å². The first-order valence-corrected chi connectivity index (χ1v) is 5.91. The molecule has 1 aromatic carbocycles. The third-order valence-electron chi connectivity index (χ3n) is 2.65. The fraction of sp³-hybridized carbons (Fsp3) is 0.462. The Morgan fingerprint density at radius 2 is 2.12 bits per heavy atom. The second-order valence-corrected chi connectivity index (χ2v) is 4.14. The van der Waals surface area contributed by atoms with Gasteiger partial charge in [0, 0.05) is 24.3 Å². The van der Waals surface area contributed by atoms with Gasteiger partial charge in [0.1, 0.15) is 5.84 Å². The Morgan fingerprint density at radius 1 is 1.41 bits per heavy atom. The number of nitrogens with zero attached hydrogens (tertiary/aromatic N) is 1. The number of nitrogen functional groups attached to an aromatic ring is 1. The van der Waals surface area contributed by atoms with Crippen LogP contribution in [-0.2, 0) is 0 Å². The van der Waals surface area contributed by atoms with Crippen LogP contribution >= 0.6 is 0 Å². The monoisotopic (exact) mass is 235 g/mol. The minimum Gasteiger partial charge on any atom is -0.395 e. The summed E-state index contributed by atoms with van der Waals surface area (Å²) in [5, 5.41) is 16.7. The molecule has 0 fully saturated rings. The molecule has 0 aliphatic rings. The maximum atomic E-state index is 9.10. The minimum absolute atomic E-state index is 0.0686. The summed E-state index contributed by atoms with van der Waals surface area (Å²) in [4.78, 5) is 2.07. The topological polar surface area (TPSA) is 73.3 Å². The Hall–Kier alpha value is -1.55. The Morgan fingerprint density at radius 3 is 2.65 bits per heavy atom. The maximum absolute atomic E-state index is 9.10. The van der Waals surface area contributed by atoms with Crippen LogP contribution in [0.1, 0.15) is 24.5 Å². The van der Waals surface area contributed by atoms with E-state index in [1.165, 1.54) is 0 Å². The summed E-state index contributed by atoms with van der Waals surface area (Å²) in [5.41, 5.74) is 8.39. The molecule has 0 bridgehead atoms. The van der Waals surface area contributed by atoms with Gasteiger partial charge in [0.15, 0.2) is 0 Å². The van der Waals surface area contributed by atoms with Gasteiger partial charge in [0.05, 0.1) is 6.61 Å². The van der Waals surface area contributed by atoms with E-state index in [0.717, 1.165) is 29.8 Å². The lowest BCUT2D eigenvalue weighted by molar-refractivity contribution is 0.302. The van der Waals surface area contributed by atoms with Gasteiger partial charge in [-0.3, -0.25) is 5.41 Å². The summed E-state index contributed by atoms with van der Waals surface area (Å²) in [7, 11) is 0. The number of rotatable bonds is 6. The first kappa shape index (κ1) is 13.5. The first-order valence-electron chi connectivity index (χ1n) is 5.91. The van der Waals surface area contributed by atoms with Crippen molar-refractivity contribution in [2.24, 2.45) is 5.73 Å². The molecule has 0 aliphatic carbocycles. The number of hydrogen-bond acceptors (Lipinski definition) is 3. The molecule has 0 aliphatic heterocycles. The summed E-state index contributed by atoms with van der Waals surface area (Å²) in [6.45, 7) is 5.62. The quantitative estimate of drug-likeness (QED) is 0.516. The van der Waals surface area contributed by atoms with Crippen LogP contribution in [0.15, 0.2) is 18.2 Å². The molecular weight excluding hydrogens is 214 g/mol. The predicted octanol–water partition coefficient (Wildman–Crippen LogP) is 1.49. The van der Waals surface area contributed by atoms with Crippen LogP contribution in [0, 0.1) is 12.3 Å². The van der Waals surface area contributed by atoms with Crippen LogP contribution in [-0.4, -0.2) is 30.6 Å². The van der Waals surface area contributed by atoms with E-state index in [1.54, 1.807) is 0 Å². The lowest BCUT2D eigenvalue weighted by Crippen LogP contribution is -2.30. The number of amidine groups is 1. The molecule has 17 heavy (non-hydrogen) atoms. The number of hydrogen-bond donors (Lipinski definition) is 3. The molecule has 0 saturated heterocycles. The van der Waals surface area contributed by atoms with Crippen molar-refractivity contribution in [3.63, 3.8) is 0 Å². The molecule has 0 radical (unpaired) electrons. The molecular formula is C13H21N3O. The second-order valence-electron chi connectivity index (χ2n) is 4.14. The molecule has 1 rings (SSSR count). The number of aliphatic hydroxyl groups excluding tert-OH is 1. The molecule has 4 heteroatoms. The highest BCUT2D eigenvalue weighted by Crippen LogP contribution is 2.22. The minimum atomic E-state index is 0.0686. The van der Waals surface area contributed by atoms with Crippen molar-refractivity contribution in [1.29, 1.82) is 5.41 Å². The smallest absolute Gasteiger partial charge is 0.124 e. The number of nitrogens with two attached hydrogens (primary N) is 1. The van der Waals surface area contributed by atoms with Gasteiger partial charge in [0.2, 0.25) is 0 Å². The number of nitrogens with one attached hydrogen (secondary N) is 1. The summed E-state index contributed by atoms with van der Waals surface area (Å²) in [6.07, 6.45) is 0.991. The molecule has 4 N–H and O–H groups in total. The van der Waals surface area contributed by atoms with Crippen molar-refractivity contribution < 1.29 is 5.11 Å². The maximum Gasteiger partial charge on any atom is 0.124 e. The van der Waals surface area contributed by atoms with Crippen molar-refractivity contribution in [2.75, 3.05) is 24.6 Å². The van der Waals surface area contributed by atoms with Crippen molar-refractivity contribution in [2.45, 2.75) is 20.3 Å². The number of benzene rings is 1. The van der Waals surface area contributed by atoms with Crippen molar-refractivity contribution in [3.8, 4) is 0 Å². The lowest BCUT2D eigenvalue weighted by atomic mass is 10.1. The van der Waals surface area contributed by atoms with E-state index < -0.39 is 0 Å². The molecule has 0 spiro atoms. The highest BCUT2D eigenvalue weighted by molar-refractivity contribution is 6.00. The lowest BCUT2D eigenvalue weighted by Gasteiger charge is -2.26. The van der Waals surface area contributed by atoms with Gasteiger partial charge in [-0.1, -0.05) is 13.0 Å². The average molecular weight is 235 g/mol. The van der Waals surface area contributed by atoms with Crippen molar-refractivity contribution in [3.05, 3.63) is 29.3 Å². The third-order valence-corrected chi connectivity index (χ3v) is 2.65. The van der Waals surface area contributed by atoms with E-state index in [9.17, 15) is 0 Å². The zero-order valence-corrected chi connectivity index (χ0v) is 10.5. The van der Waals surface area contributed by atoms with Gasteiger partial charge in [-0.15, -0.1) is 0 Å². The Bertz CT molecular complexity index is 384. The first-order chi connectivity index (χ1) is 8.10. The highest BCUT2D eigenvalue weighted by atomic mass is 16.3. The van der Waals surface area contributed by atoms with Gasteiger partial charge in [0.25, 0.3) is 0 Å². The molecule has 0 aromatic heterocycles. The van der Waals surface area contributed by atoms with Crippen molar-refractivity contribution in [1.82, 2.24) is 0 Å². The number of aliphatic hydroxyl groups is 1. The van der Waals surface area contributed by atoms with Crippen LogP contribution < -0.4 is 10.6 Å². The van der Waals surface area contributed by atoms with Gasteiger partial charge in [-0.2, -0.15) is 0 Å². The van der Waals surface area contributed by atoms with Crippen molar-refractivity contribution >= 4 is 11.5 Å². The summed E-state index contributed by atoms with van der Waals surface area (Å²) >= 11 is 0.